The Labute approximate surface area is 149 Å². The van der Waals surface area contributed by atoms with Crippen LogP contribution in [0.1, 0.15) is 39.0 Å². The number of carbonyl (C=O) groups is 1. The van der Waals surface area contributed by atoms with Crippen LogP contribution < -0.4 is 0 Å². The van der Waals surface area contributed by atoms with Gasteiger partial charge in [0.2, 0.25) is 0 Å². The molecule has 0 spiro atoms. The van der Waals surface area contributed by atoms with Gasteiger partial charge in [0.05, 0.1) is 18.8 Å². The van der Waals surface area contributed by atoms with Crippen LogP contribution in [-0.2, 0) is 14.3 Å². The standard InChI is InChI=1S/C19H32O6/c1-2-6-24-11-15(20)3-4-16-17-9-13(5-7-25-12-19(22)23)8-14(17)10-18(16)21/h3-4,13-18,20-21H,2,5-12H2,1H3,(H,22,23)/t13?,14-,15?,16-,17+,18-/m0/s1. The van der Waals surface area contributed by atoms with Crippen molar-refractivity contribution in [2.75, 3.05) is 26.4 Å². The molecule has 2 aliphatic carbocycles. The molecule has 0 aromatic rings. The lowest BCUT2D eigenvalue weighted by atomic mass is 9.89. The van der Waals surface area contributed by atoms with Crippen LogP contribution in [0.25, 0.3) is 0 Å². The maximum absolute atomic E-state index is 10.5. The van der Waals surface area contributed by atoms with Crippen LogP contribution in [0, 0.1) is 23.7 Å². The van der Waals surface area contributed by atoms with E-state index in [2.05, 4.69) is 0 Å². The summed E-state index contributed by atoms with van der Waals surface area (Å²) >= 11 is 0. The van der Waals surface area contributed by atoms with E-state index >= 15 is 0 Å². The van der Waals surface area contributed by atoms with Crippen LogP contribution in [-0.4, -0.2) is 59.9 Å². The average molecular weight is 356 g/mol. The molecule has 0 saturated heterocycles. The van der Waals surface area contributed by atoms with Gasteiger partial charge in [-0.25, -0.2) is 4.79 Å². The summed E-state index contributed by atoms with van der Waals surface area (Å²) in [5, 5.41) is 28.9. The minimum Gasteiger partial charge on any atom is -0.480 e. The van der Waals surface area contributed by atoms with Crippen LogP contribution >= 0.6 is 0 Å². The van der Waals surface area contributed by atoms with E-state index in [1.54, 1.807) is 6.08 Å². The zero-order valence-electron chi connectivity index (χ0n) is 15.0. The van der Waals surface area contributed by atoms with Gasteiger partial charge in [-0.2, -0.15) is 0 Å². The van der Waals surface area contributed by atoms with Crippen molar-refractivity contribution in [2.24, 2.45) is 23.7 Å². The first kappa shape index (κ1) is 20.4. The highest BCUT2D eigenvalue weighted by Crippen LogP contribution is 2.51. The van der Waals surface area contributed by atoms with Gasteiger partial charge in [0.15, 0.2) is 0 Å². The molecule has 2 unspecified atom stereocenters. The van der Waals surface area contributed by atoms with E-state index in [1.165, 1.54) is 0 Å². The molecule has 0 heterocycles. The Bertz CT molecular complexity index is 438. The maximum Gasteiger partial charge on any atom is 0.329 e. The van der Waals surface area contributed by atoms with Gasteiger partial charge in [0.25, 0.3) is 0 Å². The van der Waals surface area contributed by atoms with E-state index in [0.29, 0.717) is 37.6 Å². The Morgan fingerprint density at radius 1 is 1.24 bits per heavy atom. The zero-order chi connectivity index (χ0) is 18.2. The Kier molecular flexibility index (Phi) is 8.36. The van der Waals surface area contributed by atoms with Crippen molar-refractivity contribution in [3.05, 3.63) is 12.2 Å². The quantitative estimate of drug-likeness (QED) is 0.386. The number of rotatable bonds is 11. The first-order valence-corrected chi connectivity index (χ1v) is 9.43. The molecule has 144 valence electrons. The number of ether oxygens (including phenoxy) is 2. The lowest BCUT2D eigenvalue weighted by Crippen LogP contribution is -2.19. The molecule has 2 aliphatic rings. The minimum absolute atomic E-state index is 0.0933. The highest BCUT2D eigenvalue weighted by molar-refractivity contribution is 5.67. The van der Waals surface area contributed by atoms with Gasteiger partial charge in [-0.1, -0.05) is 19.1 Å². The summed E-state index contributed by atoms with van der Waals surface area (Å²) in [7, 11) is 0. The summed E-state index contributed by atoms with van der Waals surface area (Å²) < 4.78 is 10.5. The van der Waals surface area contributed by atoms with Gasteiger partial charge in [-0.3, -0.25) is 0 Å². The van der Waals surface area contributed by atoms with Crippen molar-refractivity contribution in [3.8, 4) is 0 Å². The van der Waals surface area contributed by atoms with Crippen LogP contribution in [0.2, 0.25) is 0 Å². The molecule has 6 nitrogen and oxygen atoms in total. The number of aliphatic carboxylic acids is 1. The van der Waals surface area contributed by atoms with Gasteiger partial charge < -0.3 is 24.8 Å². The second kappa shape index (κ2) is 10.3. The lowest BCUT2D eigenvalue weighted by molar-refractivity contribution is -0.142. The van der Waals surface area contributed by atoms with E-state index < -0.39 is 12.1 Å². The molecule has 0 radical (unpaired) electrons. The molecule has 2 rings (SSSR count). The number of aliphatic hydroxyl groups is 2. The van der Waals surface area contributed by atoms with E-state index in [9.17, 15) is 15.0 Å². The minimum atomic E-state index is -0.932. The first-order valence-electron chi connectivity index (χ1n) is 9.43. The molecule has 3 N–H and O–H groups in total. The Hall–Kier alpha value is -0.950. The van der Waals surface area contributed by atoms with E-state index in [4.69, 9.17) is 14.6 Å². The Morgan fingerprint density at radius 2 is 2.04 bits per heavy atom. The van der Waals surface area contributed by atoms with Crippen LogP contribution in [0.4, 0.5) is 0 Å². The first-order chi connectivity index (χ1) is 12.0. The zero-order valence-corrected chi connectivity index (χ0v) is 15.0. The molecule has 0 bridgehead atoms. The number of carboxylic acids is 1. The molecule has 0 aromatic carbocycles. The molecule has 2 saturated carbocycles. The topological polar surface area (TPSA) is 96.2 Å². The van der Waals surface area contributed by atoms with Crippen molar-refractivity contribution in [1.82, 2.24) is 0 Å². The van der Waals surface area contributed by atoms with Crippen molar-refractivity contribution in [1.29, 1.82) is 0 Å². The van der Waals surface area contributed by atoms with Gasteiger partial charge in [-0.05, 0) is 49.9 Å². The third kappa shape index (κ3) is 6.37. The number of hydrogen-bond donors (Lipinski definition) is 3. The van der Waals surface area contributed by atoms with Crippen molar-refractivity contribution < 1.29 is 29.6 Å². The highest BCUT2D eigenvalue weighted by atomic mass is 16.5. The van der Waals surface area contributed by atoms with Gasteiger partial charge in [-0.15, -0.1) is 0 Å². The molecule has 25 heavy (non-hydrogen) atoms. The van der Waals surface area contributed by atoms with Crippen LogP contribution in [0.15, 0.2) is 12.2 Å². The second-order valence-corrected chi connectivity index (χ2v) is 7.40. The molecule has 0 amide bonds. The molecular weight excluding hydrogens is 324 g/mol. The van der Waals surface area contributed by atoms with E-state index in [1.807, 2.05) is 13.0 Å². The Balaban J connectivity index is 1.76. The summed E-state index contributed by atoms with van der Waals surface area (Å²) in [6, 6.07) is 0. The number of aliphatic hydroxyl groups excluding tert-OH is 2. The summed E-state index contributed by atoms with van der Waals surface area (Å²) in [5.74, 6) is 0.654. The van der Waals surface area contributed by atoms with Gasteiger partial charge in [0, 0.05) is 19.1 Å². The van der Waals surface area contributed by atoms with Crippen LogP contribution in [0.5, 0.6) is 0 Å². The second-order valence-electron chi connectivity index (χ2n) is 7.40. The summed E-state index contributed by atoms with van der Waals surface area (Å²) in [6.07, 6.45) is 7.50. The average Bonchev–Trinajstić information content (AvgIpc) is 3.06. The molecule has 0 aromatic heterocycles. The number of fused-ring (bicyclic) bond motifs is 1. The van der Waals surface area contributed by atoms with Crippen molar-refractivity contribution in [3.63, 3.8) is 0 Å². The molecular formula is C19H32O6. The molecule has 6 atom stereocenters. The molecule has 0 aliphatic heterocycles. The summed E-state index contributed by atoms with van der Waals surface area (Å²) in [4.78, 5) is 10.5. The normalized spacial score (nSPS) is 33.0. The van der Waals surface area contributed by atoms with Gasteiger partial charge >= 0.3 is 5.97 Å². The molecule has 2 fully saturated rings. The third-order valence-corrected chi connectivity index (χ3v) is 5.42. The van der Waals surface area contributed by atoms with Crippen LogP contribution in [0.3, 0.4) is 0 Å². The summed E-state index contributed by atoms with van der Waals surface area (Å²) in [6.45, 7) is 3.22. The maximum atomic E-state index is 10.5. The lowest BCUT2D eigenvalue weighted by Gasteiger charge is -2.19. The van der Waals surface area contributed by atoms with Gasteiger partial charge in [0.1, 0.15) is 6.61 Å². The fourth-order valence-electron chi connectivity index (χ4n) is 4.35. The third-order valence-electron chi connectivity index (χ3n) is 5.42. The largest absolute Gasteiger partial charge is 0.480 e. The predicted molar refractivity (Wildman–Crippen MR) is 93.1 cm³/mol. The van der Waals surface area contributed by atoms with Crippen molar-refractivity contribution >= 4 is 5.97 Å². The predicted octanol–water partition coefficient (Wildman–Crippen LogP) is 1.84. The fourth-order valence-corrected chi connectivity index (χ4v) is 4.35. The monoisotopic (exact) mass is 356 g/mol. The fraction of sp³-hybridized carbons (Fsp3) is 0.842. The highest BCUT2D eigenvalue weighted by Gasteiger charge is 2.46. The van der Waals surface area contributed by atoms with E-state index in [0.717, 1.165) is 32.1 Å². The number of carboxylic acid groups (broad SMARTS) is 1. The Morgan fingerprint density at radius 3 is 2.76 bits per heavy atom. The SMILES string of the molecule is CCCOCC(O)C=C[C@H]1[C@@H]2CC(CCOCC(=O)O)C[C@H]2C[C@@H]1O. The van der Waals surface area contributed by atoms with Crippen molar-refractivity contribution in [2.45, 2.75) is 51.2 Å². The molecule has 6 heteroatoms. The number of hydrogen-bond acceptors (Lipinski definition) is 5. The summed E-state index contributed by atoms with van der Waals surface area (Å²) in [5.41, 5.74) is 0. The van der Waals surface area contributed by atoms with E-state index in [-0.39, 0.29) is 18.6 Å². The smallest absolute Gasteiger partial charge is 0.329 e.